The van der Waals surface area contributed by atoms with Crippen molar-refractivity contribution < 1.29 is 0 Å². The van der Waals surface area contributed by atoms with Gasteiger partial charge >= 0.3 is 0 Å². The van der Waals surface area contributed by atoms with E-state index in [2.05, 4.69) is 5.10 Å². The summed E-state index contributed by atoms with van der Waals surface area (Å²) < 4.78 is 1.75. The van der Waals surface area contributed by atoms with Gasteiger partial charge in [0.2, 0.25) is 0 Å². The quantitative estimate of drug-likeness (QED) is 0.805. The number of halogens is 1. The zero-order chi connectivity index (χ0) is 11.0. The van der Waals surface area contributed by atoms with Gasteiger partial charge in [0.05, 0.1) is 10.7 Å². The monoisotopic (exact) mass is 221 g/mol. The molecule has 0 aliphatic carbocycles. The van der Waals surface area contributed by atoms with E-state index in [1.165, 1.54) is 0 Å². The van der Waals surface area contributed by atoms with Crippen molar-refractivity contribution in [3.8, 4) is 5.69 Å². The molecule has 1 aromatic heterocycles. The summed E-state index contributed by atoms with van der Waals surface area (Å²) in [4.78, 5) is 0. The van der Waals surface area contributed by atoms with Crippen molar-refractivity contribution in [1.82, 2.24) is 9.78 Å². The normalized spacial score (nSPS) is 10.6. The molecule has 1 heterocycles. The molecular formula is C11H12ClN3. The van der Waals surface area contributed by atoms with Crippen molar-refractivity contribution in [3.05, 3.63) is 40.5 Å². The number of nitrogens with zero attached hydrogens (tertiary/aromatic N) is 2. The Balaban J connectivity index is 2.59. The summed E-state index contributed by atoms with van der Waals surface area (Å²) in [6.45, 7) is 3.94. The molecule has 0 atom stereocenters. The first-order valence-electron chi connectivity index (χ1n) is 4.66. The molecule has 0 radical (unpaired) electrons. The molecule has 0 aliphatic heterocycles. The summed E-state index contributed by atoms with van der Waals surface area (Å²) in [5.74, 6) is 0.504. The van der Waals surface area contributed by atoms with Crippen LogP contribution in [0.15, 0.2) is 24.3 Å². The van der Waals surface area contributed by atoms with Crippen LogP contribution in [-0.2, 0) is 0 Å². The Morgan fingerprint density at radius 3 is 2.53 bits per heavy atom. The molecular weight excluding hydrogens is 210 g/mol. The van der Waals surface area contributed by atoms with E-state index >= 15 is 0 Å². The Bertz CT molecular complexity index is 503. The molecule has 0 amide bonds. The third-order valence-electron chi connectivity index (χ3n) is 2.24. The van der Waals surface area contributed by atoms with Gasteiger partial charge in [0, 0.05) is 11.8 Å². The SMILES string of the molecule is Cc1ccc(-n2nc(N)cc2C)c(Cl)c1. The smallest absolute Gasteiger partial charge is 0.146 e. The van der Waals surface area contributed by atoms with Gasteiger partial charge in [-0.15, -0.1) is 0 Å². The van der Waals surface area contributed by atoms with Crippen molar-refractivity contribution in [1.29, 1.82) is 0 Å². The van der Waals surface area contributed by atoms with E-state index in [0.29, 0.717) is 10.8 Å². The van der Waals surface area contributed by atoms with Crippen LogP contribution in [0.4, 0.5) is 5.82 Å². The molecule has 0 saturated carbocycles. The van der Waals surface area contributed by atoms with Gasteiger partial charge in [-0.05, 0) is 31.5 Å². The Kier molecular flexibility index (Phi) is 2.40. The summed E-state index contributed by atoms with van der Waals surface area (Å²) in [6, 6.07) is 7.67. The van der Waals surface area contributed by atoms with Crippen molar-refractivity contribution >= 4 is 17.4 Å². The van der Waals surface area contributed by atoms with Gasteiger partial charge in [-0.25, -0.2) is 4.68 Å². The zero-order valence-corrected chi connectivity index (χ0v) is 9.42. The lowest BCUT2D eigenvalue weighted by molar-refractivity contribution is 0.851. The van der Waals surface area contributed by atoms with Crippen LogP contribution in [0.25, 0.3) is 5.69 Å². The first-order valence-corrected chi connectivity index (χ1v) is 5.04. The van der Waals surface area contributed by atoms with Crippen LogP contribution in [0.5, 0.6) is 0 Å². The maximum Gasteiger partial charge on any atom is 0.146 e. The number of anilines is 1. The average molecular weight is 222 g/mol. The first-order chi connectivity index (χ1) is 7.08. The molecule has 0 fully saturated rings. The Hall–Kier alpha value is -1.48. The fraction of sp³-hybridized carbons (Fsp3) is 0.182. The van der Waals surface area contributed by atoms with E-state index in [-0.39, 0.29) is 0 Å². The highest BCUT2D eigenvalue weighted by Crippen LogP contribution is 2.23. The van der Waals surface area contributed by atoms with E-state index in [0.717, 1.165) is 16.9 Å². The maximum atomic E-state index is 6.14. The highest BCUT2D eigenvalue weighted by atomic mass is 35.5. The lowest BCUT2D eigenvalue weighted by Gasteiger charge is -2.06. The minimum Gasteiger partial charge on any atom is -0.382 e. The van der Waals surface area contributed by atoms with E-state index in [9.17, 15) is 0 Å². The highest BCUT2D eigenvalue weighted by molar-refractivity contribution is 6.32. The second kappa shape index (κ2) is 3.59. The fourth-order valence-electron chi connectivity index (χ4n) is 1.53. The molecule has 2 N–H and O–H groups in total. The van der Waals surface area contributed by atoms with E-state index < -0.39 is 0 Å². The van der Waals surface area contributed by atoms with Crippen molar-refractivity contribution in [2.75, 3.05) is 5.73 Å². The Labute approximate surface area is 93.5 Å². The fourth-order valence-corrected chi connectivity index (χ4v) is 1.84. The summed E-state index contributed by atoms with van der Waals surface area (Å²) in [7, 11) is 0. The van der Waals surface area contributed by atoms with Crippen LogP contribution in [-0.4, -0.2) is 9.78 Å². The molecule has 2 rings (SSSR count). The predicted octanol–water partition coefficient (Wildman–Crippen LogP) is 2.72. The topological polar surface area (TPSA) is 43.8 Å². The maximum absolute atomic E-state index is 6.14. The number of aryl methyl sites for hydroxylation is 2. The second-order valence-electron chi connectivity index (χ2n) is 3.58. The number of nitrogen functional groups attached to an aromatic ring is 1. The van der Waals surface area contributed by atoms with Crippen LogP contribution < -0.4 is 5.73 Å². The lowest BCUT2D eigenvalue weighted by atomic mass is 10.2. The standard InChI is InChI=1S/C11H12ClN3/c1-7-3-4-10(9(12)5-7)15-8(2)6-11(13)14-15/h3-6H,1-2H3,(H2,13,14). The van der Waals surface area contributed by atoms with E-state index in [1.807, 2.05) is 38.1 Å². The van der Waals surface area contributed by atoms with Crippen molar-refractivity contribution in [2.45, 2.75) is 13.8 Å². The average Bonchev–Trinajstić information content (AvgIpc) is 2.45. The molecule has 0 aliphatic rings. The molecule has 3 nitrogen and oxygen atoms in total. The zero-order valence-electron chi connectivity index (χ0n) is 8.66. The van der Waals surface area contributed by atoms with Gasteiger partial charge in [-0.3, -0.25) is 0 Å². The molecule has 0 unspecified atom stereocenters. The molecule has 4 heteroatoms. The molecule has 0 spiro atoms. The van der Waals surface area contributed by atoms with Gasteiger partial charge in [0.1, 0.15) is 5.82 Å². The number of benzene rings is 1. The molecule has 2 aromatic rings. The minimum atomic E-state index is 0.504. The Morgan fingerprint density at radius 1 is 1.27 bits per heavy atom. The summed E-state index contributed by atoms with van der Waals surface area (Å²) in [5.41, 5.74) is 8.58. The third-order valence-corrected chi connectivity index (χ3v) is 2.54. The summed E-state index contributed by atoms with van der Waals surface area (Å²) in [5, 5.41) is 4.86. The lowest BCUT2D eigenvalue weighted by Crippen LogP contribution is -2.00. The molecule has 15 heavy (non-hydrogen) atoms. The molecule has 0 saturated heterocycles. The van der Waals surface area contributed by atoms with Crippen LogP contribution in [0.3, 0.4) is 0 Å². The van der Waals surface area contributed by atoms with E-state index in [1.54, 1.807) is 4.68 Å². The molecule has 0 bridgehead atoms. The first kappa shape index (κ1) is 10.1. The van der Waals surface area contributed by atoms with Crippen LogP contribution in [0.2, 0.25) is 5.02 Å². The minimum absolute atomic E-state index is 0.504. The predicted molar refractivity (Wildman–Crippen MR) is 62.5 cm³/mol. The van der Waals surface area contributed by atoms with Gasteiger partial charge in [-0.2, -0.15) is 5.10 Å². The van der Waals surface area contributed by atoms with Crippen LogP contribution in [0.1, 0.15) is 11.3 Å². The Morgan fingerprint density at radius 2 is 2.00 bits per heavy atom. The number of nitrogens with two attached hydrogens (primary N) is 1. The third kappa shape index (κ3) is 1.83. The van der Waals surface area contributed by atoms with E-state index in [4.69, 9.17) is 17.3 Å². The van der Waals surface area contributed by atoms with Gasteiger partial charge in [-0.1, -0.05) is 17.7 Å². The van der Waals surface area contributed by atoms with Crippen LogP contribution >= 0.6 is 11.6 Å². The number of rotatable bonds is 1. The van der Waals surface area contributed by atoms with Gasteiger partial charge in [0.25, 0.3) is 0 Å². The van der Waals surface area contributed by atoms with Crippen LogP contribution in [0, 0.1) is 13.8 Å². The van der Waals surface area contributed by atoms with Crippen molar-refractivity contribution in [2.24, 2.45) is 0 Å². The highest BCUT2D eigenvalue weighted by Gasteiger charge is 2.07. The largest absolute Gasteiger partial charge is 0.382 e. The number of hydrogen-bond donors (Lipinski definition) is 1. The second-order valence-corrected chi connectivity index (χ2v) is 3.98. The number of aromatic nitrogens is 2. The van der Waals surface area contributed by atoms with Gasteiger partial charge in [0.15, 0.2) is 0 Å². The van der Waals surface area contributed by atoms with Gasteiger partial charge < -0.3 is 5.73 Å². The summed E-state index contributed by atoms with van der Waals surface area (Å²) >= 11 is 6.14. The van der Waals surface area contributed by atoms with Crippen molar-refractivity contribution in [3.63, 3.8) is 0 Å². The molecule has 1 aromatic carbocycles. The number of hydrogen-bond acceptors (Lipinski definition) is 2. The summed E-state index contributed by atoms with van der Waals surface area (Å²) in [6.07, 6.45) is 0. The molecule has 78 valence electrons.